The molecule has 2 amide bonds. The third-order valence-corrected chi connectivity index (χ3v) is 5.26. The van der Waals surface area contributed by atoms with Crippen LogP contribution in [0.25, 0.3) is 0 Å². The number of halogens is 1. The first-order valence-corrected chi connectivity index (χ1v) is 11.1. The zero-order valence-electron chi connectivity index (χ0n) is 18.1. The molecule has 1 atom stereocenters. The van der Waals surface area contributed by atoms with Crippen LogP contribution in [0.4, 0.5) is 4.39 Å². The molecule has 8 heteroatoms. The van der Waals surface area contributed by atoms with Gasteiger partial charge in [-0.15, -0.1) is 5.10 Å². The van der Waals surface area contributed by atoms with Crippen LogP contribution in [0.1, 0.15) is 89.9 Å². The zero-order valence-corrected chi connectivity index (χ0v) is 18.1. The molecule has 2 N–H and O–H groups in total. The van der Waals surface area contributed by atoms with E-state index in [1.54, 1.807) is 4.68 Å². The Bertz CT molecular complexity index is 676. The molecule has 0 saturated carbocycles. The second-order valence-electron chi connectivity index (χ2n) is 8.26. The molecule has 0 radical (unpaired) electrons. The molecule has 2 rings (SSSR count). The summed E-state index contributed by atoms with van der Waals surface area (Å²) >= 11 is 0. The number of carbonyl (C=O) groups excluding carboxylic acids is 2. The molecule has 1 unspecified atom stereocenters. The van der Waals surface area contributed by atoms with Gasteiger partial charge in [-0.25, -0.2) is 9.07 Å². The Labute approximate surface area is 173 Å². The molecule has 1 aromatic heterocycles. The summed E-state index contributed by atoms with van der Waals surface area (Å²) in [6.45, 7) is 6.99. The van der Waals surface area contributed by atoms with Gasteiger partial charge in [0, 0.05) is 25.6 Å². The highest BCUT2D eigenvalue weighted by Crippen LogP contribution is 2.36. The molecule has 0 bridgehead atoms. The maximum atomic E-state index is 15.9. The number of aryl methyl sites for hydroxylation is 1. The Balaban J connectivity index is 1.88. The summed E-state index contributed by atoms with van der Waals surface area (Å²) in [5, 5.41) is 13.8. The average molecular weight is 410 g/mol. The Morgan fingerprint density at radius 2 is 2.00 bits per heavy atom. The minimum atomic E-state index is -2.11. The van der Waals surface area contributed by atoms with E-state index >= 15 is 4.39 Å². The van der Waals surface area contributed by atoms with Gasteiger partial charge >= 0.3 is 0 Å². The fourth-order valence-corrected chi connectivity index (χ4v) is 3.78. The van der Waals surface area contributed by atoms with Gasteiger partial charge in [0.15, 0.2) is 0 Å². The highest BCUT2D eigenvalue weighted by molar-refractivity contribution is 5.86. The topological polar surface area (TPSA) is 88.9 Å². The number of aromatic nitrogens is 3. The third kappa shape index (κ3) is 6.51. The number of carbonyl (C=O) groups is 2. The number of nitrogens with zero attached hydrogens (tertiary/aromatic N) is 3. The SMILES string of the molecule is CCCn1nnc2c1CCCCCC2(F)C(=O)NCCCCCC(=O)NC(C)C. The van der Waals surface area contributed by atoms with Gasteiger partial charge in [-0.2, -0.15) is 0 Å². The van der Waals surface area contributed by atoms with Crippen molar-refractivity contribution in [2.75, 3.05) is 6.54 Å². The lowest BCUT2D eigenvalue weighted by Crippen LogP contribution is -2.43. The molecular formula is C21H36FN5O2. The number of hydrogen-bond donors (Lipinski definition) is 2. The van der Waals surface area contributed by atoms with E-state index in [0.717, 1.165) is 37.8 Å². The van der Waals surface area contributed by atoms with Gasteiger partial charge in [-0.05, 0) is 58.8 Å². The van der Waals surface area contributed by atoms with Crippen molar-refractivity contribution in [3.8, 4) is 0 Å². The number of nitrogens with one attached hydrogen (secondary N) is 2. The first kappa shape index (κ1) is 23.3. The highest BCUT2D eigenvalue weighted by Gasteiger charge is 2.45. The van der Waals surface area contributed by atoms with Gasteiger partial charge in [0.25, 0.3) is 5.91 Å². The van der Waals surface area contributed by atoms with Gasteiger partial charge in [-0.1, -0.05) is 25.0 Å². The van der Waals surface area contributed by atoms with E-state index in [1.165, 1.54) is 0 Å². The Morgan fingerprint density at radius 1 is 1.21 bits per heavy atom. The summed E-state index contributed by atoms with van der Waals surface area (Å²) in [6, 6.07) is 0.145. The fraction of sp³-hybridized carbons (Fsp3) is 0.810. The fourth-order valence-electron chi connectivity index (χ4n) is 3.78. The summed E-state index contributed by atoms with van der Waals surface area (Å²) in [5.41, 5.74) is -1.15. The zero-order chi connectivity index (χ0) is 21.3. The van der Waals surface area contributed by atoms with Crippen molar-refractivity contribution in [2.45, 2.75) is 103 Å². The lowest BCUT2D eigenvalue weighted by atomic mass is 9.88. The van der Waals surface area contributed by atoms with Crippen LogP contribution >= 0.6 is 0 Å². The van der Waals surface area contributed by atoms with Crippen LogP contribution in [0.3, 0.4) is 0 Å². The van der Waals surface area contributed by atoms with Gasteiger partial charge in [0.05, 0.1) is 5.69 Å². The standard InChI is InChI=1S/C21H36FN5O2/c1-4-15-27-17-11-7-5-9-13-21(22,19(17)25-26-27)20(29)23-14-10-6-8-12-18(28)24-16(2)3/h16H,4-15H2,1-3H3,(H,23,29)(H,24,28). The van der Waals surface area contributed by atoms with Crippen molar-refractivity contribution >= 4 is 11.8 Å². The van der Waals surface area contributed by atoms with Crippen LogP contribution in [0.5, 0.6) is 0 Å². The quantitative estimate of drug-likeness (QED) is 0.581. The molecule has 1 aliphatic carbocycles. The molecule has 164 valence electrons. The van der Waals surface area contributed by atoms with Crippen LogP contribution in [-0.2, 0) is 28.2 Å². The Morgan fingerprint density at radius 3 is 2.72 bits per heavy atom. The van der Waals surface area contributed by atoms with E-state index in [4.69, 9.17) is 0 Å². The molecule has 0 aromatic carbocycles. The van der Waals surface area contributed by atoms with Crippen molar-refractivity contribution in [3.05, 3.63) is 11.4 Å². The van der Waals surface area contributed by atoms with Crippen molar-refractivity contribution in [3.63, 3.8) is 0 Å². The molecule has 29 heavy (non-hydrogen) atoms. The van der Waals surface area contributed by atoms with Gasteiger partial charge in [0.2, 0.25) is 11.6 Å². The van der Waals surface area contributed by atoms with Crippen LogP contribution in [-0.4, -0.2) is 39.4 Å². The molecule has 1 heterocycles. The van der Waals surface area contributed by atoms with E-state index in [1.807, 2.05) is 20.8 Å². The Kier molecular flexibility index (Phi) is 9.04. The predicted octanol–water partition coefficient (Wildman–Crippen LogP) is 3.17. The van der Waals surface area contributed by atoms with E-state index in [9.17, 15) is 9.59 Å². The Hall–Kier alpha value is -1.99. The van der Waals surface area contributed by atoms with Crippen molar-refractivity contribution in [1.29, 1.82) is 0 Å². The molecule has 0 aliphatic heterocycles. The second-order valence-corrected chi connectivity index (χ2v) is 8.26. The monoisotopic (exact) mass is 409 g/mol. The number of hydrogen-bond acceptors (Lipinski definition) is 4. The maximum absolute atomic E-state index is 15.9. The number of alkyl halides is 1. The first-order valence-electron chi connectivity index (χ1n) is 11.1. The van der Waals surface area contributed by atoms with E-state index in [2.05, 4.69) is 20.9 Å². The minimum absolute atomic E-state index is 0.0453. The number of unbranched alkanes of at least 4 members (excludes halogenated alkanes) is 2. The number of rotatable bonds is 10. The maximum Gasteiger partial charge on any atom is 0.264 e. The average Bonchev–Trinajstić information content (AvgIpc) is 3.04. The highest BCUT2D eigenvalue weighted by atomic mass is 19.1. The van der Waals surface area contributed by atoms with Crippen LogP contribution in [0.15, 0.2) is 0 Å². The smallest absolute Gasteiger partial charge is 0.264 e. The summed E-state index contributed by atoms with van der Waals surface area (Å²) in [5.74, 6) is -0.564. The largest absolute Gasteiger partial charge is 0.354 e. The van der Waals surface area contributed by atoms with Crippen molar-refractivity contribution in [1.82, 2.24) is 25.6 Å². The molecule has 0 fully saturated rings. The molecule has 7 nitrogen and oxygen atoms in total. The van der Waals surface area contributed by atoms with Gasteiger partial charge in [-0.3, -0.25) is 9.59 Å². The summed E-state index contributed by atoms with van der Waals surface area (Å²) in [6.07, 6.45) is 7.01. The second kappa shape index (κ2) is 11.3. The number of amides is 2. The van der Waals surface area contributed by atoms with Crippen LogP contribution in [0.2, 0.25) is 0 Å². The lowest BCUT2D eigenvalue weighted by molar-refractivity contribution is -0.134. The molecule has 0 saturated heterocycles. The van der Waals surface area contributed by atoms with Crippen molar-refractivity contribution in [2.24, 2.45) is 0 Å². The molecule has 1 aliphatic rings. The normalized spacial score (nSPS) is 19.3. The van der Waals surface area contributed by atoms with E-state index in [0.29, 0.717) is 38.8 Å². The summed E-state index contributed by atoms with van der Waals surface area (Å²) < 4.78 is 17.6. The van der Waals surface area contributed by atoms with E-state index < -0.39 is 11.6 Å². The van der Waals surface area contributed by atoms with Crippen LogP contribution < -0.4 is 10.6 Å². The van der Waals surface area contributed by atoms with Gasteiger partial charge < -0.3 is 10.6 Å². The van der Waals surface area contributed by atoms with Gasteiger partial charge in [0.1, 0.15) is 5.69 Å². The molecule has 1 aromatic rings. The molecule has 0 spiro atoms. The third-order valence-electron chi connectivity index (χ3n) is 5.26. The van der Waals surface area contributed by atoms with Crippen molar-refractivity contribution < 1.29 is 14.0 Å². The lowest BCUT2D eigenvalue weighted by Gasteiger charge is -2.25. The summed E-state index contributed by atoms with van der Waals surface area (Å²) in [7, 11) is 0. The minimum Gasteiger partial charge on any atom is -0.354 e. The summed E-state index contributed by atoms with van der Waals surface area (Å²) in [4.78, 5) is 24.4. The van der Waals surface area contributed by atoms with E-state index in [-0.39, 0.29) is 24.1 Å². The first-order chi connectivity index (χ1) is 13.9. The van der Waals surface area contributed by atoms with Crippen LogP contribution in [0, 0.1) is 0 Å². The number of fused-ring (bicyclic) bond motifs is 1. The predicted molar refractivity (Wildman–Crippen MR) is 110 cm³/mol. The molecular weight excluding hydrogens is 373 g/mol.